The van der Waals surface area contributed by atoms with Crippen molar-refractivity contribution in [2.45, 2.75) is 25.4 Å². The first-order valence-corrected chi connectivity index (χ1v) is 7.16. The number of hydrogen-bond acceptors (Lipinski definition) is 2. The first-order chi connectivity index (χ1) is 9.23. The summed E-state index contributed by atoms with van der Waals surface area (Å²) in [6.07, 6.45) is 1.66. The van der Waals surface area contributed by atoms with Crippen molar-refractivity contribution >= 4 is 10.8 Å². The van der Waals surface area contributed by atoms with E-state index >= 15 is 0 Å². The van der Waals surface area contributed by atoms with E-state index in [1.807, 2.05) is 0 Å². The van der Waals surface area contributed by atoms with Gasteiger partial charge in [-0.2, -0.15) is 0 Å². The number of aliphatic hydroxyl groups is 1. The van der Waals surface area contributed by atoms with Gasteiger partial charge in [-0.1, -0.05) is 49.4 Å². The van der Waals surface area contributed by atoms with Crippen LogP contribution in [0.5, 0.6) is 0 Å². The molecule has 0 amide bonds. The molecule has 0 aliphatic carbocycles. The van der Waals surface area contributed by atoms with Crippen LogP contribution < -0.4 is 0 Å². The molecule has 19 heavy (non-hydrogen) atoms. The second-order valence-corrected chi connectivity index (χ2v) is 5.49. The molecule has 0 aromatic heterocycles. The van der Waals surface area contributed by atoms with Gasteiger partial charge >= 0.3 is 0 Å². The average Bonchev–Trinajstić information content (AvgIpc) is 2.47. The smallest absolute Gasteiger partial charge is 0.0926 e. The molecule has 0 atom stereocenters. The maximum absolute atomic E-state index is 11.0. The third-order valence-electron chi connectivity index (χ3n) is 4.42. The SMILES string of the molecule is CCN1CCC(O)(c2cccc3ccccc23)CC1. The van der Waals surface area contributed by atoms with Crippen molar-refractivity contribution in [3.63, 3.8) is 0 Å². The molecular weight excluding hydrogens is 234 g/mol. The van der Waals surface area contributed by atoms with Crippen molar-refractivity contribution in [2.24, 2.45) is 0 Å². The molecule has 2 heteroatoms. The number of rotatable bonds is 2. The summed E-state index contributed by atoms with van der Waals surface area (Å²) in [7, 11) is 0. The van der Waals surface area contributed by atoms with Crippen LogP contribution in [-0.4, -0.2) is 29.6 Å². The van der Waals surface area contributed by atoms with Gasteiger partial charge in [0.25, 0.3) is 0 Å². The van der Waals surface area contributed by atoms with Gasteiger partial charge in [0.1, 0.15) is 0 Å². The van der Waals surface area contributed by atoms with Crippen LogP contribution in [-0.2, 0) is 5.60 Å². The van der Waals surface area contributed by atoms with E-state index in [9.17, 15) is 5.11 Å². The summed E-state index contributed by atoms with van der Waals surface area (Å²) in [6.45, 7) is 5.22. The Kier molecular flexibility index (Phi) is 3.29. The lowest BCUT2D eigenvalue weighted by atomic mass is 9.82. The Morgan fingerprint density at radius 3 is 2.47 bits per heavy atom. The molecule has 3 rings (SSSR count). The highest BCUT2D eigenvalue weighted by molar-refractivity contribution is 5.86. The Hall–Kier alpha value is -1.38. The highest BCUT2D eigenvalue weighted by atomic mass is 16.3. The fourth-order valence-corrected chi connectivity index (χ4v) is 3.14. The molecule has 0 bridgehead atoms. The lowest BCUT2D eigenvalue weighted by Crippen LogP contribution is -2.42. The topological polar surface area (TPSA) is 23.5 Å². The Labute approximate surface area is 114 Å². The highest BCUT2D eigenvalue weighted by Crippen LogP contribution is 2.36. The van der Waals surface area contributed by atoms with Crippen LogP contribution in [0.15, 0.2) is 42.5 Å². The molecule has 2 nitrogen and oxygen atoms in total. The van der Waals surface area contributed by atoms with E-state index in [1.165, 1.54) is 10.8 Å². The number of piperidine rings is 1. The van der Waals surface area contributed by atoms with Crippen molar-refractivity contribution < 1.29 is 5.11 Å². The Bertz CT molecular complexity index is 565. The molecule has 1 aliphatic rings. The van der Waals surface area contributed by atoms with Crippen LogP contribution in [0.3, 0.4) is 0 Å². The van der Waals surface area contributed by atoms with Crippen molar-refractivity contribution in [1.82, 2.24) is 4.90 Å². The van der Waals surface area contributed by atoms with E-state index in [4.69, 9.17) is 0 Å². The summed E-state index contributed by atoms with van der Waals surface area (Å²) < 4.78 is 0. The van der Waals surface area contributed by atoms with Crippen molar-refractivity contribution in [1.29, 1.82) is 0 Å². The predicted molar refractivity (Wildman–Crippen MR) is 79.2 cm³/mol. The molecule has 1 saturated heterocycles. The van der Waals surface area contributed by atoms with Gasteiger partial charge in [-0.25, -0.2) is 0 Å². The maximum Gasteiger partial charge on any atom is 0.0926 e. The molecule has 2 aromatic rings. The van der Waals surface area contributed by atoms with Gasteiger partial charge in [-0.05, 0) is 35.7 Å². The first kappa shape index (κ1) is 12.6. The van der Waals surface area contributed by atoms with Crippen molar-refractivity contribution in [3.05, 3.63) is 48.0 Å². The summed E-state index contributed by atoms with van der Waals surface area (Å²) in [5, 5.41) is 13.4. The molecule has 0 spiro atoms. The molecule has 2 aromatic carbocycles. The summed E-state index contributed by atoms with van der Waals surface area (Å²) in [6, 6.07) is 14.6. The van der Waals surface area contributed by atoms with E-state index in [2.05, 4.69) is 54.3 Å². The standard InChI is InChI=1S/C17H21NO/c1-2-18-12-10-17(19,11-13-18)16-9-5-7-14-6-3-4-8-15(14)16/h3-9,19H,2,10-13H2,1H3. The number of nitrogens with zero attached hydrogens (tertiary/aromatic N) is 1. The third kappa shape index (κ3) is 2.26. The maximum atomic E-state index is 11.0. The van der Waals surface area contributed by atoms with E-state index < -0.39 is 5.60 Å². The Morgan fingerprint density at radius 2 is 1.74 bits per heavy atom. The van der Waals surface area contributed by atoms with Gasteiger partial charge in [0.2, 0.25) is 0 Å². The van der Waals surface area contributed by atoms with Crippen molar-refractivity contribution in [2.75, 3.05) is 19.6 Å². The molecule has 1 heterocycles. The number of likely N-dealkylation sites (tertiary alicyclic amines) is 1. The lowest BCUT2D eigenvalue weighted by Gasteiger charge is -2.38. The monoisotopic (exact) mass is 255 g/mol. The highest BCUT2D eigenvalue weighted by Gasteiger charge is 2.34. The molecule has 1 aliphatic heterocycles. The fourth-order valence-electron chi connectivity index (χ4n) is 3.14. The zero-order valence-corrected chi connectivity index (χ0v) is 11.5. The zero-order valence-electron chi connectivity index (χ0n) is 11.5. The molecule has 1 N–H and O–H groups in total. The molecule has 0 radical (unpaired) electrons. The summed E-state index contributed by atoms with van der Waals surface area (Å²) in [5.74, 6) is 0. The van der Waals surface area contributed by atoms with Crippen LogP contribution >= 0.6 is 0 Å². The minimum absolute atomic E-state index is 0.660. The molecule has 100 valence electrons. The summed E-state index contributed by atoms with van der Waals surface area (Å²) >= 11 is 0. The average molecular weight is 255 g/mol. The minimum atomic E-state index is -0.660. The molecule has 0 saturated carbocycles. The second kappa shape index (κ2) is 4.95. The van der Waals surface area contributed by atoms with Gasteiger partial charge in [-0.3, -0.25) is 0 Å². The normalized spacial score (nSPS) is 19.7. The predicted octanol–water partition coefficient (Wildman–Crippen LogP) is 3.14. The Morgan fingerprint density at radius 1 is 1.05 bits per heavy atom. The molecular formula is C17H21NO. The van der Waals surface area contributed by atoms with E-state index in [0.29, 0.717) is 0 Å². The third-order valence-corrected chi connectivity index (χ3v) is 4.42. The van der Waals surface area contributed by atoms with Crippen molar-refractivity contribution in [3.8, 4) is 0 Å². The van der Waals surface area contributed by atoms with Crippen LogP contribution in [0, 0.1) is 0 Å². The van der Waals surface area contributed by atoms with Gasteiger partial charge in [-0.15, -0.1) is 0 Å². The number of benzene rings is 2. The largest absolute Gasteiger partial charge is 0.385 e. The second-order valence-electron chi connectivity index (χ2n) is 5.49. The van der Waals surface area contributed by atoms with Gasteiger partial charge in [0.15, 0.2) is 0 Å². The van der Waals surface area contributed by atoms with Gasteiger partial charge < -0.3 is 10.0 Å². The number of hydrogen-bond donors (Lipinski definition) is 1. The molecule has 0 unspecified atom stereocenters. The minimum Gasteiger partial charge on any atom is -0.385 e. The van der Waals surface area contributed by atoms with Crippen LogP contribution in [0.25, 0.3) is 10.8 Å². The van der Waals surface area contributed by atoms with Crippen LogP contribution in [0.1, 0.15) is 25.3 Å². The van der Waals surface area contributed by atoms with Gasteiger partial charge in [0, 0.05) is 13.1 Å². The Balaban J connectivity index is 2.00. The number of fused-ring (bicyclic) bond motifs is 1. The van der Waals surface area contributed by atoms with Crippen LogP contribution in [0.2, 0.25) is 0 Å². The van der Waals surface area contributed by atoms with Gasteiger partial charge in [0.05, 0.1) is 5.60 Å². The van der Waals surface area contributed by atoms with E-state index in [0.717, 1.165) is 38.0 Å². The fraction of sp³-hybridized carbons (Fsp3) is 0.412. The first-order valence-electron chi connectivity index (χ1n) is 7.16. The van der Waals surface area contributed by atoms with E-state index in [-0.39, 0.29) is 0 Å². The lowest BCUT2D eigenvalue weighted by molar-refractivity contribution is -0.0235. The quantitative estimate of drug-likeness (QED) is 0.891. The van der Waals surface area contributed by atoms with Crippen LogP contribution in [0.4, 0.5) is 0 Å². The zero-order chi connectivity index (χ0) is 13.3. The summed E-state index contributed by atoms with van der Waals surface area (Å²) in [5.41, 5.74) is 0.438. The summed E-state index contributed by atoms with van der Waals surface area (Å²) in [4.78, 5) is 2.40. The van der Waals surface area contributed by atoms with E-state index in [1.54, 1.807) is 0 Å². The molecule has 1 fully saturated rings.